The fourth-order valence-electron chi connectivity index (χ4n) is 2.43. The Hall–Kier alpha value is -1.55. The molecule has 0 radical (unpaired) electrons. The molecule has 0 spiro atoms. The normalized spacial score (nSPS) is 20.6. The zero-order chi connectivity index (χ0) is 13.0. The van der Waals surface area contributed by atoms with Crippen LogP contribution in [-0.4, -0.2) is 30.4 Å². The first-order valence-electron chi connectivity index (χ1n) is 6.52. The van der Waals surface area contributed by atoms with E-state index in [2.05, 4.69) is 17.1 Å². The second-order valence-electron chi connectivity index (χ2n) is 5.12. The lowest BCUT2D eigenvalue weighted by Crippen LogP contribution is -2.39. The molecule has 4 heteroatoms. The molecule has 0 bridgehead atoms. The number of likely N-dealkylation sites (tertiary alicyclic amines) is 1. The molecule has 1 heterocycles. The molecule has 1 unspecified atom stereocenters. The molecule has 3 N–H and O–H groups in total. The van der Waals surface area contributed by atoms with Crippen molar-refractivity contribution in [2.24, 2.45) is 5.92 Å². The summed E-state index contributed by atoms with van der Waals surface area (Å²) in [6.45, 7) is 4.72. The van der Waals surface area contributed by atoms with Gasteiger partial charge in [-0.05, 0) is 37.4 Å². The number of rotatable bonds is 3. The van der Waals surface area contributed by atoms with Crippen molar-refractivity contribution in [3.63, 3.8) is 0 Å². The Labute approximate surface area is 108 Å². The second kappa shape index (κ2) is 5.87. The highest BCUT2D eigenvalue weighted by atomic mass is 16.2. The highest BCUT2D eigenvalue weighted by Crippen LogP contribution is 2.18. The molecule has 0 aliphatic carbocycles. The maximum absolute atomic E-state index is 11.9. The Balaban J connectivity index is 1.87. The fourth-order valence-corrected chi connectivity index (χ4v) is 2.43. The van der Waals surface area contributed by atoms with Gasteiger partial charge in [-0.15, -0.1) is 0 Å². The third-order valence-corrected chi connectivity index (χ3v) is 3.34. The van der Waals surface area contributed by atoms with Gasteiger partial charge in [-0.25, -0.2) is 0 Å². The third kappa shape index (κ3) is 3.47. The maximum atomic E-state index is 11.9. The molecule has 1 amide bonds. The molecule has 1 atom stereocenters. The largest absolute Gasteiger partial charge is 0.397 e. The molecule has 1 saturated heterocycles. The van der Waals surface area contributed by atoms with E-state index in [-0.39, 0.29) is 5.91 Å². The molecule has 1 aromatic carbocycles. The molecule has 98 valence electrons. The van der Waals surface area contributed by atoms with E-state index in [1.807, 2.05) is 18.2 Å². The van der Waals surface area contributed by atoms with Crippen molar-refractivity contribution >= 4 is 17.3 Å². The third-order valence-electron chi connectivity index (χ3n) is 3.34. The number of anilines is 2. The number of nitrogens with zero attached hydrogens (tertiary/aromatic N) is 1. The summed E-state index contributed by atoms with van der Waals surface area (Å²) in [5.41, 5.74) is 7.11. The van der Waals surface area contributed by atoms with Gasteiger partial charge in [0.2, 0.25) is 5.91 Å². The number of carbonyl (C=O) groups excluding carboxylic acids is 1. The number of nitrogens with one attached hydrogen (secondary N) is 1. The summed E-state index contributed by atoms with van der Waals surface area (Å²) >= 11 is 0. The van der Waals surface area contributed by atoms with Gasteiger partial charge in [-0.1, -0.05) is 19.1 Å². The van der Waals surface area contributed by atoms with E-state index in [1.54, 1.807) is 6.07 Å². The van der Waals surface area contributed by atoms with E-state index in [9.17, 15) is 4.79 Å². The first-order valence-corrected chi connectivity index (χ1v) is 6.52. The molecule has 1 aromatic rings. The lowest BCUT2D eigenvalue weighted by molar-refractivity contribution is -0.117. The van der Waals surface area contributed by atoms with Gasteiger partial charge in [0.1, 0.15) is 0 Å². The number of hydrogen-bond acceptors (Lipinski definition) is 3. The SMILES string of the molecule is CC1CCCN(CC(=O)Nc2ccccc2N)C1. The molecule has 0 aromatic heterocycles. The molecule has 2 rings (SSSR count). The quantitative estimate of drug-likeness (QED) is 0.802. The van der Waals surface area contributed by atoms with Crippen molar-refractivity contribution in [2.45, 2.75) is 19.8 Å². The lowest BCUT2D eigenvalue weighted by Gasteiger charge is -2.30. The van der Waals surface area contributed by atoms with Gasteiger partial charge in [-0.2, -0.15) is 0 Å². The maximum Gasteiger partial charge on any atom is 0.238 e. The van der Waals surface area contributed by atoms with Gasteiger partial charge in [0.25, 0.3) is 0 Å². The van der Waals surface area contributed by atoms with E-state index >= 15 is 0 Å². The standard InChI is InChI=1S/C14H21N3O/c1-11-5-4-8-17(9-11)10-14(18)16-13-7-3-2-6-12(13)15/h2-3,6-7,11H,4-5,8-10,15H2,1H3,(H,16,18). The smallest absolute Gasteiger partial charge is 0.238 e. The number of piperidine rings is 1. The number of amides is 1. The number of para-hydroxylation sites is 2. The van der Waals surface area contributed by atoms with Crippen LogP contribution < -0.4 is 11.1 Å². The van der Waals surface area contributed by atoms with Crippen LogP contribution in [0, 0.1) is 5.92 Å². The van der Waals surface area contributed by atoms with Crippen LogP contribution in [0.5, 0.6) is 0 Å². The Bertz CT molecular complexity index is 419. The Kier molecular flexibility index (Phi) is 4.20. The molecule has 1 aliphatic heterocycles. The van der Waals surface area contributed by atoms with Crippen LogP contribution in [0.2, 0.25) is 0 Å². The molecule has 1 aliphatic rings. The highest BCUT2D eigenvalue weighted by molar-refractivity contribution is 5.95. The van der Waals surface area contributed by atoms with Gasteiger partial charge < -0.3 is 11.1 Å². The van der Waals surface area contributed by atoms with Crippen LogP contribution >= 0.6 is 0 Å². The van der Waals surface area contributed by atoms with Crippen LogP contribution in [0.1, 0.15) is 19.8 Å². The Morgan fingerprint density at radius 1 is 1.50 bits per heavy atom. The molecule has 0 saturated carbocycles. The summed E-state index contributed by atoms with van der Waals surface area (Å²) in [5, 5.41) is 2.87. The average molecular weight is 247 g/mol. The monoisotopic (exact) mass is 247 g/mol. The number of nitrogen functional groups attached to an aromatic ring is 1. The second-order valence-corrected chi connectivity index (χ2v) is 5.12. The minimum absolute atomic E-state index is 0.0157. The first kappa shape index (κ1) is 12.9. The fraction of sp³-hybridized carbons (Fsp3) is 0.500. The van der Waals surface area contributed by atoms with E-state index < -0.39 is 0 Å². The van der Waals surface area contributed by atoms with Crippen LogP contribution in [-0.2, 0) is 4.79 Å². The van der Waals surface area contributed by atoms with Crippen molar-refractivity contribution < 1.29 is 4.79 Å². The number of nitrogens with two attached hydrogens (primary N) is 1. The summed E-state index contributed by atoms with van der Waals surface area (Å²) in [6.07, 6.45) is 2.45. The van der Waals surface area contributed by atoms with Crippen LogP contribution in [0.25, 0.3) is 0 Å². The first-order chi connectivity index (χ1) is 8.65. The Morgan fingerprint density at radius 3 is 3.00 bits per heavy atom. The van der Waals surface area contributed by atoms with Gasteiger partial charge in [0.15, 0.2) is 0 Å². The number of benzene rings is 1. The van der Waals surface area contributed by atoms with Gasteiger partial charge in [-0.3, -0.25) is 9.69 Å². The predicted molar refractivity (Wildman–Crippen MR) is 74.3 cm³/mol. The van der Waals surface area contributed by atoms with Crippen LogP contribution in [0.15, 0.2) is 24.3 Å². The zero-order valence-electron chi connectivity index (χ0n) is 10.9. The van der Waals surface area contributed by atoms with Crippen LogP contribution in [0.3, 0.4) is 0 Å². The van der Waals surface area contributed by atoms with Crippen molar-refractivity contribution in [2.75, 3.05) is 30.7 Å². The van der Waals surface area contributed by atoms with Crippen molar-refractivity contribution in [1.29, 1.82) is 0 Å². The lowest BCUT2D eigenvalue weighted by atomic mass is 10.0. The molecular formula is C14H21N3O. The number of carbonyl (C=O) groups is 1. The van der Waals surface area contributed by atoms with E-state index in [1.165, 1.54) is 12.8 Å². The molecule has 18 heavy (non-hydrogen) atoms. The minimum atomic E-state index is 0.0157. The summed E-state index contributed by atoms with van der Waals surface area (Å²) in [6, 6.07) is 7.34. The predicted octanol–water partition coefficient (Wildman–Crippen LogP) is 1.94. The van der Waals surface area contributed by atoms with Crippen LogP contribution in [0.4, 0.5) is 11.4 Å². The highest BCUT2D eigenvalue weighted by Gasteiger charge is 2.18. The summed E-state index contributed by atoms with van der Waals surface area (Å²) in [7, 11) is 0. The van der Waals surface area contributed by atoms with E-state index in [0.717, 1.165) is 13.1 Å². The molecule has 1 fully saturated rings. The zero-order valence-corrected chi connectivity index (χ0v) is 10.9. The van der Waals surface area contributed by atoms with Crippen molar-refractivity contribution in [3.05, 3.63) is 24.3 Å². The van der Waals surface area contributed by atoms with E-state index in [0.29, 0.717) is 23.8 Å². The Morgan fingerprint density at radius 2 is 2.28 bits per heavy atom. The topological polar surface area (TPSA) is 58.4 Å². The number of hydrogen-bond donors (Lipinski definition) is 2. The summed E-state index contributed by atoms with van der Waals surface area (Å²) < 4.78 is 0. The van der Waals surface area contributed by atoms with Gasteiger partial charge in [0, 0.05) is 6.54 Å². The summed E-state index contributed by atoms with van der Waals surface area (Å²) in [5.74, 6) is 0.704. The van der Waals surface area contributed by atoms with Gasteiger partial charge in [0.05, 0.1) is 17.9 Å². The molecular weight excluding hydrogens is 226 g/mol. The summed E-state index contributed by atoms with van der Waals surface area (Å²) in [4.78, 5) is 14.1. The van der Waals surface area contributed by atoms with Crippen molar-refractivity contribution in [1.82, 2.24) is 4.90 Å². The average Bonchev–Trinajstić information content (AvgIpc) is 2.32. The minimum Gasteiger partial charge on any atom is -0.397 e. The van der Waals surface area contributed by atoms with Gasteiger partial charge >= 0.3 is 0 Å². The van der Waals surface area contributed by atoms with E-state index in [4.69, 9.17) is 5.73 Å². The molecule has 4 nitrogen and oxygen atoms in total. The van der Waals surface area contributed by atoms with Crippen molar-refractivity contribution in [3.8, 4) is 0 Å².